The van der Waals surface area contributed by atoms with Crippen LogP contribution in [0, 0.1) is 11.8 Å². The van der Waals surface area contributed by atoms with E-state index >= 15 is 0 Å². The van der Waals surface area contributed by atoms with Crippen LogP contribution in [0.1, 0.15) is 36.9 Å². The lowest BCUT2D eigenvalue weighted by Crippen LogP contribution is -2.29. The van der Waals surface area contributed by atoms with Gasteiger partial charge in [-0.1, -0.05) is 19.9 Å². The van der Waals surface area contributed by atoms with Gasteiger partial charge in [-0.3, -0.25) is 14.4 Å². The van der Waals surface area contributed by atoms with Gasteiger partial charge in [0, 0.05) is 12.3 Å². The van der Waals surface area contributed by atoms with Gasteiger partial charge >= 0.3 is 5.97 Å². The van der Waals surface area contributed by atoms with Crippen molar-refractivity contribution in [3.63, 3.8) is 0 Å². The minimum Gasteiger partial charge on any atom is -0.465 e. The summed E-state index contributed by atoms with van der Waals surface area (Å²) in [6.07, 6.45) is -0.0900. The van der Waals surface area contributed by atoms with Crippen LogP contribution in [0.2, 0.25) is 0 Å². The van der Waals surface area contributed by atoms with Gasteiger partial charge in [-0.05, 0) is 18.4 Å². The summed E-state index contributed by atoms with van der Waals surface area (Å²) in [5, 5.41) is 1.76. The zero-order chi connectivity index (χ0) is 14.4. The smallest absolute Gasteiger partial charge is 0.317 e. The van der Waals surface area contributed by atoms with Gasteiger partial charge in [-0.15, -0.1) is 11.3 Å². The van der Waals surface area contributed by atoms with E-state index in [4.69, 9.17) is 4.74 Å². The Labute approximate surface area is 116 Å². The number of hydrogen-bond donors (Lipinski definition) is 0. The molecule has 0 saturated carbocycles. The first-order valence-corrected chi connectivity index (χ1v) is 7.12. The normalized spacial score (nSPS) is 12.2. The minimum absolute atomic E-state index is 0.0900. The Balaban J connectivity index is 2.89. The van der Waals surface area contributed by atoms with Gasteiger partial charge in [-0.2, -0.15) is 0 Å². The molecule has 0 aliphatic carbocycles. The van der Waals surface area contributed by atoms with Crippen LogP contribution in [0.4, 0.5) is 0 Å². The Bertz CT molecular complexity index is 448. The summed E-state index contributed by atoms with van der Waals surface area (Å²) in [6.45, 7) is 5.37. The topological polar surface area (TPSA) is 60.4 Å². The standard InChI is InChI=1S/C14H18O4S/c1-4-18-14(17)10(8-11(15)9(2)3)13(16)12-6-5-7-19-12/h5-7,9-10H,4,8H2,1-3H3. The molecule has 1 unspecified atom stereocenters. The van der Waals surface area contributed by atoms with Crippen molar-refractivity contribution in [2.45, 2.75) is 27.2 Å². The fourth-order valence-electron chi connectivity index (χ4n) is 1.55. The van der Waals surface area contributed by atoms with Crippen molar-refractivity contribution >= 4 is 28.9 Å². The van der Waals surface area contributed by atoms with Gasteiger partial charge in [0.1, 0.15) is 11.7 Å². The maximum atomic E-state index is 12.2. The lowest BCUT2D eigenvalue weighted by Gasteiger charge is -2.14. The van der Waals surface area contributed by atoms with Gasteiger partial charge < -0.3 is 4.74 Å². The number of ether oxygens (including phenoxy) is 1. The first kappa shape index (κ1) is 15.6. The van der Waals surface area contributed by atoms with Crippen LogP contribution in [0.3, 0.4) is 0 Å². The average Bonchev–Trinajstić information content (AvgIpc) is 2.88. The molecule has 0 aliphatic heterocycles. The quantitative estimate of drug-likeness (QED) is 0.438. The summed E-state index contributed by atoms with van der Waals surface area (Å²) < 4.78 is 4.90. The molecule has 1 rings (SSSR count). The number of thiophene rings is 1. The largest absolute Gasteiger partial charge is 0.465 e. The average molecular weight is 282 g/mol. The third-order valence-corrected chi connectivity index (χ3v) is 3.59. The van der Waals surface area contributed by atoms with Crippen LogP contribution in [0.25, 0.3) is 0 Å². The van der Waals surface area contributed by atoms with Crippen LogP contribution in [0.15, 0.2) is 17.5 Å². The van der Waals surface area contributed by atoms with Crippen molar-refractivity contribution in [1.29, 1.82) is 0 Å². The summed E-state index contributed by atoms with van der Waals surface area (Å²) in [4.78, 5) is 36.3. The summed E-state index contributed by atoms with van der Waals surface area (Å²) in [7, 11) is 0. The first-order valence-electron chi connectivity index (χ1n) is 6.24. The van der Waals surface area contributed by atoms with E-state index in [2.05, 4.69) is 0 Å². The Kier molecular flexibility index (Phi) is 5.89. The van der Waals surface area contributed by atoms with Gasteiger partial charge in [0.2, 0.25) is 0 Å². The van der Waals surface area contributed by atoms with E-state index in [1.54, 1.807) is 38.3 Å². The number of Topliss-reactive ketones (excluding diaryl/α,β-unsaturated/α-hetero) is 2. The van der Waals surface area contributed by atoms with E-state index in [1.807, 2.05) is 0 Å². The van der Waals surface area contributed by atoms with Crippen molar-refractivity contribution in [1.82, 2.24) is 0 Å². The highest BCUT2D eigenvalue weighted by atomic mass is 32.1. The van der Waals surface area contributed by atoms with Crippen LogP contribution in [-0.2, 0) is 14.3 Å². The predicted molar refractivity (Wildman–Crippen MR) is 73.2 cm³/mol. The number of esters is 1. The summed E-state index contributed by atoms with van der Waals surface area (Å²) >= 11 is 1.26. The van der Waals surface area contributed by atoms with Crippen LogP contribution >= 0.6 is 11.3 Å². The van der Waals surface area contributed by atoms with Gasteiger partial charge in [0.25, 0.3) is 0 Å². The number of hydrogen-bond acceptors (Lipinski definition) is 5. The predicted octanol–water partition coefficient (Wildman–Crippen LogP) is 2.73. The zero-order valence-electron chi connectivity index (χ0n) is 11.3. The highest BCUT2D eigenvalue weighted by Crippen LogP contribution is 2.20. The fraction of sp³-hybridized carbons (Fsp3) is 0.500. The molecular weight excluding hydrogens is 264 g/mol. The van der Waals surface area contributed by atoms with E-state index < -0.39 is 11.9 Å². The minimum atomic E-state index is -1.02. The molecule has 4 nitrogen and oxygen atoms in total. The van der Waals surface area contributed by atoms with Crippen molar-refractivity contribution < 1.29 is 19.1 Å². The molecular formula is C14H18O4S. The molecule has 1 atom stereocenters. The van der Waals surface area contributed by atoms with Crippen LogP contribution < -0.4 is 0 Å². The molecule has 1 heterocycles. The van der Waals surface area contributed by atoms with Crippen LogP contribution in [-0.4, -0.2) is 24.1 Å². The molecule has 1 aromatic rings. The third-order valence-electron chi connectivity index (χ3n) is 2.70. The third kappa shape index (κ3) is 4.28. The Hall–Kier alpha value is -1.49. The molecule has 0 N–H and O–H groups in total. The van der Waals surface area contributed by atoms with Crippen molar-refractivity contribution in [3.8, 4) is 0 Å². The zero-order valence-corrected chi connectivity index (χ0v) is 12.2. The maximum Gasteiger partial charge on any atom is 0.317 e. The second-order valence-corrected chi connectivity index (χ2v) is 5.42. The number of carbonyl (C=O) groups is 3. The molecule has 19 heavy (non-hydrogen) atoms. The molecule has 0 saturated heterocycles. The van der Waals surface area contributed by atoms with Gasteiger partial charge in [-0.25, -0.2) is 0 Å². The molecule has 0 aromatic carbocycles. The lowest BCUT2D eigenvalue weighted by molar-refractivity contribution is -0.147. The van der Waals surface area contributed by atoms with E-state index in [9.17, 15) is 14.4 Å². The number of carbonyl (C=O) groups excluding carboxylic acids is 3. The maximum absolute atomic E-state index is 12.2. The second kappa shape index (κ2) is 7.19. The van der Waals surface area contributed by atoms with Gasteiger partial charge in [0.05, 0.1) is 11.5 Å². The fourth-order valence-corrected chi connectivity index (χ4v) is 2.27. The Morgan fingerprint density at radius 2 is 2.00 bits per heavy atom. The molecule has 0 fully saturated rings. The molecule has 104 valence electrons. The Morgan fingerprint density at radius 1 is 1.32 bits per heavy atom. The lowest BCUT2D eigenvalue weighted by atomic mass is 9.92. The molecule has 0 amide bonds. The number of ketones is 2. The van der Waals surface area contributed by atoms with E-state index in [0.717, 1.165) is 0 Å². The molecule has 0 spiro atoms. The van der Waals surface area contributed by atoms with Crippen LogP contribution in [0.5, 0.6) is 0 Å². The van der Waals surface area contributed by atoms with Crippen molar-refractivity contribution in [2.24, 2.45) is 11.8 Å². The monoisotopic (exact) mass is 282 g/mol. The molecule has 1 aromatic heterocycles. The van der Waals surface area contributed by atoms with Crippen molar-refractivity contribution in [3.05, 3.63) is 22.4 Å². The highest BCUT2D eigenvalue weighted by Gasteiger charge is 2.32. The summed E-state index contributed by atoms with van der Waals surface area (Å²) in [5.74, 6) is -2.28. The van der Waals surface area contributed by atoms with E-state index in [1.165, 1.54) is 11.3 Å². The highest BCUT2D eigenvalue weighted by molar-refractivity contribution is 7.12. The second-order valence-electron chi connectivity index (χ2n) is 4.47. The Morgan fingerprint density at radius 3 is 2.47 bits per heavy atom. The van der Waals surface area contributed by atoms with Crippen molar-refractivity contribution in [2.75, 3.05) is 6.61 Å². The molecule has 5 heteroatoms. The molecule has 0 bridgehead atoms. The first-order chi connectivity index (χ1) is 8.97. The molecule has 0 radical (unpaired) electrons. The summed E-state index contributed by atoms with van der Waals surface area (Å²) in [6, 6.07) is 3.39. The van der Waals surface area contributed by atoms with E-state index in [0.29, 0.717) is 4.88 Å². The number of rotatable bonds is 7. The summed E-state index contributed by atoms with van der Waals surface area (Å²) in [5.41, 5.74) is 0. The SMILES string of the molecule is CCOC(=O)C(CC(=O)C(C)C)C(=O)c1cccs1. The van der Waals surface area contributed by atoms with E-state index in [-0.39, 0.29) is 30.5 Å². The molecule has 0 aliphatic rings. The van der Waals surface area contributed by atoms with Gasteiger partial charge in [0.15, 0.2) is 5.78 Å².